The summed E-state index contributed by atoms with van der Waals surface area (Å²) >= 11 is 6.30. The number of urea groups is 1. The molecule has 25 heavy (non-hydrogen) atoms. The topological polar surface area (TPSA) is 62.2 Å². The number of amides is 2. The highest BCUT2D eigenvalue weighted by Crippen LogP contribution is 2.24. The van der Waals surface area contributed by atoms with E-state index in [1.807, 2.05) is 24.4 Å². The van der Waals surface area contributed by atoms with Crippen molar-refractivity contribution in [3.05, 3.63) is 41.7 Å². The predicted molar refractivity (Wildman–Crippen MR) is 100 cm³/mol. The number of carbonyl (C=O) groups is 1. The van der Waals surface area contributed by atoms with Gasteiger partial charge in [0.05, 0.1) is 10.7 Å². The van der Waals surface area contributed by atoms with Gasteiger partial charge in [0.2, 0.25) is 0 Å². The highest BCUT2D eigenvalue weighted by Gasteiger charge is 2.20. The van der Waals surface area contributed by atoms with Crippen LogP contribution in [0, 0.1) is 0 Å². The number of aromatic nitrogens is 2. The van der Waals surface area contributed by atoms with Gasteiger partial charge in [0.1, 0.15) is 0 Å². The van der Waals surface area contributed by atoms with E-state index < -0.39 is 0 Å². The Kier molecular flexibility index (Phi) is 5.94. The van der Waals surface area contributed by atoms with E-state index in [2.05, 4.69) is 27.6 Å². The van der Waals surface area contributed by atoms with Crippen LogP contribution in [0.3, 0.4) is 0 Å². The SMILES string of the molecule is CCCN1CCC(NC(=O)Nc2ccc(-n3cccn3)c(Cl)c2)CC1. The second-order valence-corrected chi connectivity index (χ2v) is 6.74. The minimum Gasteiger partial charge on any atom is -0.335 e. The molecule has 2 amide bonds. The van der Waals surface area contributed by atoms with E-state index in [9.17, 15) is 4.79 Å². The third-order valence-electron chi connectivity index (χ3n) is 4.42. The van der Waals surface area contributed by atoms with E-state index in [1.54, 1.807) is 16.9 Å². The summed E-state index contributed by atoms with van der Waals surface area (Å²) in [6.45, 7) is 5.42. The molecule has 134 valence electrons. The van der Waals surface area contributed by atoms with Crippen molar-refractivity contribution in [2.75, 3.05) is 25.0 Å². The fourth-order valence-corrected chi connectivity index (χ4v) is 3.42. The van der Waals surface area contributed by atoms with Gasteiger partial charge >= 0.3 is 6.03 Å². The number of carbonyl (C=O) groups excluding carboxylic acids is 1. The van der Waals surface area contributed by atoms with Gasteiger partial charge in [0.25, 0.3) is 0 Å². The maximum atomic E-state index is 12.2. The van der Waals surface area contributed by atoms with Gasteiger partial charge in [0, 0.05) is 37.2 Å². The first-order chi connectivity index (χ1) is 12.2. The molecule has 1 aliphatic rings. The zero-order chi connectivity index (χ0) is 17.6. The van der Waals surface area contributed by atoms with Gasteiger partial charge in [-0.2, -0.15) is 5.10 Å². The number of piperidine rings is 1. The highest BCUT2D eigenvalue weighted by molar-refractivity contribution is 6.32. The maximum absolute atomic E-state index is 12.2. The summed E-state index contributed by atoms with van der Waals surface area (Å²) in [7, 11) is 0. The Morgan fingerprint density at radius 2 is 2.16 bits per heavy atom. The highest BCUT2D eigenvalue weighted by atomic mass is 35.5. The first kappa shape index (κ1) is 17.8. The second kappa shape index (κ2) is 8.36. The number of rotatable bonds is 5. The molecule has 2 aromatic rings. The molecular weight excluding hydrogens is 338 g/mol. The number of benzene rings is 1. The average Bonchev–Trinajstić information content (AvgIpc) is 3.11. The van der Waals surface area contributed by atoms with Crippen LogP contribution in [0.5, 0.6) is 0 Å². The van der Waals surface area contributed by atoms with Crippen LogP contribution in [0.15, 0.2) is 36.7 Å². The molecule has 1 aromatic heterocycles. The van der Waals surface area contributed by atoms with Crippen molar-refractivity contribution >= 4 is 23.3 Å². The van der Waals surface area contributed by atoms with Crippen LogP contribution in [-0.4, -0.2) is 46.4 Å². The lowest BCUT2D eigenvalue weighted by Crippen LogP contribution is -2.46. The Bertz CT molecular complexity index is 695. The van der Waals surface area contributed by atoms with Crippen molar-refractivity contribution in [3.8, 4) is 5.69 Å². The summed E-state index contributed by atoms with van der Waals surface area (Å²) in [6.07, 6.45) is 6.68. The average molecular weight is 362 g/mol. The molecule has 0 spiro atoms. The molecule has 2 heterocycles. The minimum atomic E-state index is -0.183. The van der Waals surface area contributed by atoms with Crippen LogP contribution in [0.4, 0.5) is 10.5 Å². The lowest BCUT2D eigenvalue weighted by atomic mass is 10.1. The first-order valence-electron chi connectivity index (χ1n) is 8.75. The zero-order valence-corrected chi connectivity index (χ0v) is 15.2. The zero-order valence-electron chi connectivity index (χ0n) is 14.4. The number of nitrogens with one attached hydrogen (secondary N) is 2. The van der Waals surface area contributed by atoms with E-state index in [1.165, 1.54) is 6.42 Å². The van der Waals surface area contributed by atoms with Gasteiger partial charge in [0.15, 0.2) is 0 Å². The molecule has 0 unspecified atom stereocenters. The Labute approximate surface area is 153 Å². The first-order valence-corrected chi connectivity index (χ1v) is 9.13. The van der Waals surface area contributed by atoms with Crippen LogP contribution < -0.4 is 10.6 Å². The van der Waals surface area contributed by atoms with Gasteiger partial charge in [-0.15, -0.1) is 0 Å². The fourth-order valence-electron chi connectivity index (χ4n) is 3.15. The third-order valence-corrected chi connectivity index (χ3v) is 4.72. The number of hydrogen-bond acceptors (Lipinski definition) is 3. The fraction of sp³-hybridized carbons (Fsp3) is 0.444. The smallest absolute Gasteiger partial charge is 0.319 e. The molecule has 1 saturated heterocycles. The molecule has 0 bridgehead atoms. The number of nitrogens with zero attached hydrogens (tertiary/aromatic N) is 3. The number of hydrogen-bond donors (Lipinski definition) is 2. The molecule has 1 aliphatic heterocycles. The van der Waals surface area contributed by atoms with Crippen LogP contribution >= 0.6 is 11.6 Å². The summed E-state index contributed by atoms with van der Waals surface area (Å²) in [4.78, 5) is 14.7. The summed E-state index contributed by atoms with van der Waals surface area (Å²) in [5.41, 5.74) is 1.45. The Morgan fingerprint density at radius 3 is 2.80 bits per heavy atom. The van der Waals surface area contributed by atoms with Crippen molar-refractivity contribution in [1.82, 2.24) is 20.0 Å². The second-order valence-electron chi connectivity index (χ2n) is 6.33. The van der Waals surface area contributed by atoms with Gasteiger partial charge in [-0.3, -0.25) is 0 Å². The molecule has 3 rings (SSSR count). The van der Waals surface area contributed by atoms with E-state index in [0.717, 1.165) is 38.2 Å². The van der Waals surface area contributed by atoms with Crippen molar-refractivity contribution in [1.29, 1.82) is 0 Å². The van der Waals surface area contributed by atoms with E-state index in [4.69, 9.17) is 11.6 Å². The number of likely N-dealkylation sites (tertiary alicyclic amines) is 1. The van der Waals surface area contributed by atoms with E-state index >= 15 is 0 Å². The minimum absolute atomic E-state index is 0.183. The summed E-state index contributed by atoms with van der Waals surface area (Å²) in [5, 5.41) is 10.6. The van der Waals surface area contributed by atoms with Gasteiger partial charge in [-0.1, -0.05) is 18.5 Å². The summed E-state index contributed by atoms with van der Waals surface area (Å²) in [5.74, 6) is 0. The van der Waals surface area contributed by atoms with Crippen molar-refractivity contribution in [2.24, 2.45) is 0 Å². The molecule has 1 aromatic carbocycles. The molecule has 0 saturated carbocycles. The van der Waals surface area contributed by atoms with E-state index in [-0.39, 0.29) is 12.1 Å². The molecule has 0 atom stereocenters. The maximum Gasteiger partial charge on any atom is 0.319 e. The molecule has 6 nitrogen and oxygen atoms in total. The van der Waals surface area contributed by atoms with Gasteiger partial charge < -0.3 is 15.5 Å². The van der Waals surface area contributed by atoms with Crippen molar-refractivity contribution < 1.29 is 4.79 Å². The normalized spacial score (nSPS) is 15.9. The number of halogens is 1. The quantitative estimate of drug-likeness (QED) is 0.856. The van der Waals surface area contributed by atoms with Crippen LogP contribution in [0.2, 0.25) is 5.02 Å². The monoisotopic (exact) mass is 361 g/mol. The standard InChI is InChI=1S/C18H24ClN5O/c1-2-9-23-11-6-14(7-12-23)21-18(25)22-15-4-5-17(16(19)13-15)24-10-3-8-20-24/h3-5,8,10,13-14H,2,6-7,9,11-12H2,1H3,(H2,21,22,25). The van der Waals surface area contributed by atoms with Crippen molar-refractivity contribution in [2.45, 2.75) is 32.2 Å². The Balaban J connectivity index is 1.52. The van der Waals surface area contributed by atoms with Crippen molar-refractivity contribution in [3.63, 3.8) is 0 Å². The third kappa shape index (κ3) is 4.74. The molecule has 1 fully saturated rings. The van der Waals surface area contributed by atoms with Gasteiger partial charge in [-0.25, -0.2) is 9.48 Å². The molecule has 7 heteroatoms. The lowest BCUT2D eigenvalue weighted by Gasteiger charge is -2.32. The van der Waals surface area contributed by atoms with E-state index in [0.29, 0.717) is 10.7 Å². The van der Waals surface area contributed by atoms with Gasteiger partial charge in [-0.05, 0) is 50.1 Å². The summed E-state index contributed by atoms with van der Waals surface area (Å²) in [6, 6.07) is 7.29. The Morgan fingerprint density at radius 1 is 1.36 bits per heavy atom. The molecule has 2 N–H and O–H groups in total. The van der Waals surface area contributed by atoms with Crippen LogP contribution in [-0.2, 0) is 0 Å². The largest absolute Gasteiger partial charge is 0.335 e. The predicted octanol–water partition coefficient (Wildman–Crippen LogP) is 3.52. The van der Waals surface area contributed by atoms with Crippen LogP contribution in [0.1, 0.15) is 26.2 Å². The molecule has 0 aliphatic carbocycles. The lowest BCUT2D eigenvalue weighted by molar-refractivity contribution is 0.196. The number of anilines is 1. The van der Waals surface area contributed by atoms with Crippen LogP contribution in [0.25, 0.3) is 5.69 Å². The molecular formula is C18H24ClN5O. The molecule has 0 radical (unpaired) electrons. The summed E-state index contributed by atoms with van der Waals surface area (Å²) < 4.78 is 1.69. The Hall–Kier alpha value is -2.05.